The minimum absolute atomic E-state index is 0.175. The van der Waals surface area contributed by atoms with Crippen LogP contribution >= 0.6 is 0 Å². The number of aromatic hydroxyl groups is 1. The second-order valence-electron chi connectivity index (χ2n) is 3.60. The number of alkyl halides is 1. The third-order valence-electron chi connectivity index (χ3n) is 2.47. The number of hydrogen-bond acceptors (Lipinski definition) is 2. The molecule has 70 valence electrons. The molecule has 0 aliphatic carbocycles. The lowest BCUT2D eigenvalue weighted by atomic mass is 9.89. The zero-order valence-corrected chi connectivity index (χ0v) is 7.47. The van der Waals surface area contributed by atoms with Crippen molar-refractivity contribution in [2.45, 2.75) is 19.1 Å². The number of hydrogen-bond donors (Lipinski definition) is 2. The zero-order chi connectivity index (χ0) is 9.47. The molecule has 1 aliphatic heterocycles. The molecule has 0 amide bonds. The van der Waals surface area contributed by atoms with Gasteiger partial charge in [-0.15, -0.1) is 0 Å². The molecule has 3 heteroatoms. The third kappa shape index (κ3) is 1.29. The first-order valence-corrected chi connectivity index (χ1v) is 4.32. The lowest BCUT2D eigenvalue weighted by molar-refractivity contribution is 0.172. The van der Waals surface area contributed by atoms with E-state index in [-0.39, 0.29) is 5.75 Å². The molecule has 0 bridgehead atoms. The smallest absolute Gasteiger partial charge is 0.146 e. The standard InChI is InChI=1S/C10H12FNO/c1-10(11)6-12-5-7-8(10)3-2-4-9(7)13/h2-4,12-13H,5-6H2,1H3. The minimum atomic E-state index is -1.37. The predicted molar refractivity (Wildman–Crippen MR) is 48.3 cm³/mol. The molecule has 0 radical (unpaired) electrons. The first-order chi connectivity index (χ1) is 6.11. The van der Waals surface area contributed by atoms with E-state index in [0.717, 1.165) is 0 Å². The molecule has 2 nitrogen and oxygen atoms in total. The monoisotopic (exact) mass is 181 g/mol. The number of fused-ring (bicyclic) bond motifs is 1. The van der Waals surface area contributed by atoms with Crippen LogP contribution < -0.4 is 5.32 Å². The van der Waals surface area contributed by atoms with Crippen molar-refractivity contribution in [2.24, 2.45) is 0 Å². The molecule has 0 fully saturated rings. The van der Waals surface area contributed by atoms with Gasteiger partial charge >= 0.3 is 0 Å². The second kappa shape index (κ2) is 2.70. The quantitative estimate of drug-likeness (QED) is 0.638. The topological polar surface area (TPSA) is 32.3 Å². The molecule has 1 heterocycles. The molecule has 1 aromatic carbocycles. The Morgan fingerprint density at radius 2 is 2.31 bits per heavy atom. The van der Waals surface area contributed by atoms with Gasteiger partial charge < -0.3 is 10.4 Å². The molecular weight excluding hydrogens is 169 g/mol. The first kappa shape index (κ1) is 8.51. The summed E-state index contributed by atoms with van der Waals surface area (Å²) in [6.45, 7) is 2.38. The fourth-order valence-electron chi connectivity index (χ4n) is 1.77. The molecule has 1 unspecified atom stereocenters. The van der Waals surface area contributed by atoms with Gasteiger partial charge in [0.25, 0.3) is 0 Å². The molecule has 0 saturated carbocycles. The number of benzene rings is 1. The summed E-state index contributed by atoms with van der Waals surface area (Å²) in [5.41, 5.74) is -0.0863. The van der Waals surface area contributed by atoms with Crippen molar-refractivity contribution in [3.63, 3.8) is 0 Å². The van der Waals surface area contributed by atoms with E-state index < -0.39 is 5.67 Å². The molecule has 2 N–H and O–H groups in total. The maximum Gasteiger partial charge on any atom is 0.146 e. The Bertz CT molecular complexity index is 336. The molecule has 2 rings (SSSR count). The lowest BCUT2D eigenvalue weighted by Crippen LogP contribution is -2.37. The summed E-state index contributed by atoms with van der Waals surface area (Å²) in [5.74, 6) is 0.175. The van der Waals surface area contributed by atoms with Gasteiger partial charge in [0.05, 0.1) is 0 Å². The SMILES string of the molecule is CC1(F)CNCc2c(O)cccc21. The minimum Gasteiger partial charge on any atom is -0.508 e. The summed E-state index contributed by atoms with van der Waals surface area (Å²) in [4.78, 5) is 0. The average Bonchev–Trinajstić information content (AvgIpc) is 2.06. The summed E-state index contributed by atoms with van der Waals surface area (Å²) in [6, 6.07) is 5.00. The van der Waals surface area contributed by atoms with Crippen molar-refractivity contribution in [3.8, 4) is 5.75 Å². The van der Waals surface area contributed by atoms with E-state index in [1.807, 2.05) is 0 Å². The largest absolute Gasteiger partial charge is 0.508 e. The van der Waals surface area contributed by atoms with E-state index >= 15 is 0 Å². The Balaban J connectivity index is 2.58. The van der Waals surface area contributed by atoms with Crippen LogP contribution in [-0.2, 0) is 12.2 Å². The predicted octanol–water partition coefficient (Wildman–Crippen LogP) is 1.68. The van der Waals surface area contributed by atoms with E-state index in [1.165, 1.54) is 6.92 Å². The van der Waals surface area contributed by atoms with Gasteiger partial charge in [-0.2, -0.15) is 0 Å². The molecule has 0 spiro atoms. The van der Waals surface area contributed by atoms with Crippen molar-refractivity contribution in [2.75, 3.05) is 6.54 Å². The highest BCUT2D eigenvalue weighted by Crippen LogP contribution is 2.35. The molecule has 0 aromatic heterocycles. The number of phenolic OH excluding ortho intramolecular Hbond substituents is 1. The van der Waals surface area contributed by atoms with E-state index in [2.05, 4.69) is 5.32 Å². The normalized spacial score (nSPS) is 26.9. The second-order valence-corrected chi connectivity index (χ2v) is 3.60. The van der Waals surface area contributed by atoms with E-state index in [1.54, 1.807) is 18.2 Å². The number of halogens is 1. The van der Waals surface area contributed by atoms with Crippen molar-refractivity contribution in [3.05, 3.63) is 29.3 Å². The Hall–Kier alpha value is -1.09. The summed E-state index contributed by atoms with van der Waals surface area (Å²) in [7, 11) is 0. The van der Waals surface area contributed by atoms with Crippen LogP contribution in [0, 0.1) is 0 Å². The van der Waals surface area contributed by atoms with Crippen LogP contribution in [0.3, 0.4) is 0 Å². The Morgan fingerprint density at radius 1 is 1.54 bits per heavy atom. The lowest BCUT2D eigenvalue weighted by Gasteiger charge is -2.29. The fourth-order valence-corrected chi connectivity index (χ4v) is 1.77. The highest BCUT2D eigenvalue weighted by molar-refractivity contribution is 5.43. The summed E-state index contributed by atoms with van der Waals surface area (Å²) in [6.07, 6.45) is 0. The van der Waals surface area contributed by atoms with Crippen LogP contribution in [0.25, 0.3) is 0 Å². The molecule has 1 aliphatic rings. The zero-order valence-electron chi connectivity index (χ0n) is 7.47. The van der Waals surface area contributed by atoms with Crippen molar-refractivity contribution >= 4 is 0 Å². The first-order valence-electron chi connectivity index (χ1n) is 4.32. The van der Waals surface area contributed by atoms with Gasteiger partial charge in [0.15, 0.2) is 0 Å². The summed E-state index contributed by atoms with van der Waals surface area (Å²) in [5, 5.41) is 12.4. The fraction of sp³-hybridized carbons (Fsp3) is 0.400. The van der Waals surface area contributed by atoms with Gasteiger partial charge in [0, 0.05) is 18.7 Å². The van der Waals surface area contributed by atoms with Crippen LogP contribution in [0.2, 0.25) is 0 Å². The van der Waals surface area contributed by atoms with Crippen LogP contribution in [-0.4, -0.2) is 11.7 Å². The van der Waals surface area contributed by atoms with Gasteiger partial charge in [-0.25, -0.2) is 4.39 Å². The highest BCUT2D eigenvalue weighted by atomic mass is 19.1. The van der Waals surface area contributed by atoms with Gasteiger partial charge in [-0.1, -0.05) is 12.1 Å². The third-order valence-corrected chi connectivity index (χ3v) is 2.47. The number of nitrogens with one attached hydrogen (secondary N) is 1. The van der Waals surface area contributed by atoms with Crippen molar-refractivity contribution < 1.29 is 9.50 Å². The van der Waals surface area contributed by atoms with Crippen LogP contribution in [0.15, 0.2) is 18.2 Å². The van der Waals surface area contributed by atoms with E-state index in [0.29, 0.717) is 24.2 Å². The highest BCUT2D eigenvalue weighted by Gasteiger charge is 2.32. The van der Waals surface area contributed by atoms with Gasteiger partial charge in [-0.3, -0.25) is 0 Å². The molecular formula is C10H12FNO. The maximum atomic E-state index is 13.9. The number of rotatable bonds is 0. The maximum absolute atomic E-state index is 13.9. The summed E-state index contributed by atoms with van der Waals surface area (Å²) >= 11 is 0. The van der Waals surface area contributed by atoms with Gasteiger partial charge in [0.1, 0.15) is 11.4 Å². The Morgan fingerprint density at radius 3 is 3.00 bits per heavy atom. The van der Waals surface area contributed by atoms with E-state index in [4.69, 9.17) is 0 Å². The summed E-state index contributed by atoms with van der Waals surface area (Å²) < 4.78 is 13.9. The molecule has 1 atom stereocenters. The van der Waals surface area contributed by atoms with E-state index in [9.17, 15) is 9.50 Å². The average molecular weight is 181 g/mol. The van der Waals surface area contributed by atoms with Crippen molar-refractivity contribution in [1.82, 2.24) is 5.32 Å². The number of phenols is 1. The van der Waals surface area contributed by atoms with Gasteiger partial charge in [-0.05, 0) is 18.6 Å². The molecule has 13 heavy (non-hydrogen) atoms. The van der Waals surface area contributed by atoms with Crippen LogP contribution in [0.1, 0.15) is 18.1 Å². The van der Waals surface area contributed by atoms with Crippen LogP contribution in [0.4, 0.5) is 4.39 Å². The van der Waals surface area contributed by atoms with Crippen molar-refractivity contribution in [1.29, 1.82) is 0 Å². The molecule has 1 aromatic rings. The van der Waals surface area contributed by atoms with Gasteiger partial charge in [0.2, 0.25) is 0 Å². The Labute approximate surface area is 76.4 Å². The molecule has 0 saturated heterocycles. The van der Waals surface area contributed by atoms with Crippen LogP contribution in [0.5, 0.6) is 5.75 Å². The Kier molecular flexibility index (Phi) is 1.77.